The van der Waals surface area contributed by atoms with Crippen LogP contribution in [0.2, 0.25) is 0 Å². The fourth-order valence-electron chi connectivity index (χ4n) is 4.73. The average molecular weight is 469 g/mol. The van der Waals surface area contributed by atoms with Crippen molar-refractivity contribution in [3.05, 3.63) is 23.8 Å². The molecule has 6 heteroatoms. The second-order valence-corrected chi connectivity index (χ2v) is 13.0. The molecule has 0 spiro atoms. The van der Waals surface area contributed by atoms with Crippen LogP contribution < -0.4 is 9.47 Å². The molecule has 5 nitrogen and oxygen atoms in total. The number of unbranched alkanes of at least 4 members (excludes halogenated alkanes) is 6. The van der Waals surface area contributed by atoms with E-state index in [9.17, 15) is 13.0 Å². The van der Waals surface area contributed by atoms with Gasteiger partial charge < -0.3 is 9.47 Å². The van der Waals surface area contributed by atoms with Gasteiger partial charge in [-0.1, -0.05) is 45.4 Å². The summed E-state index contributed by atoms with van der Waals surface area (Å²) in [5.74, 6) is 1.62. The minimum Gasteiger partial charge on any atom is -0.488 e. The van der Waals surface area contributed by atoms with Crippen LogP contribution in [0.1, 0.15) is 111 Å². The van der Waals surface area contributed by atoms with Crippen LogP contribution in [-0.4, -0.2) is 28.9 Å². The van der Waals surface area contributed by atoms with Gasteiger partial charge in [-0.3, -0.25) is 4.55 Å². The van der Waals surface area contributed by atoms with E-state index in [0.717, 1.165) is 30.6 Å². The summed E-state index contributed by atoms with van der Waals surface area (Å²) in [7, 11) is -4.17. The maximum atomic E-state index is 11.7. The summed E-state index contributed by atoms with van der Waals surface area (Å²) in [5.41, 5.74) is 0.260. The molecule has 1 atom stereocenters. The van der Waals surface area contributed by atoms with Gasteiger partial charge in [0.2, 0.25) is 0 Å². The molecule has 0 aromatic heterocycles. The van der Waals surface area contributed by atoms with Crippen molar-refractivity contribution in [3.8, 4) is 11.5 Å². The topological polar surface area (TPSA) is 72.8 Å². The lowest BCUT2D eigenvalue weighted by atomic mass is 9.88. The number of hydrogen-bond donors (Lipinski definition) is 1. The Morgan fingerprint density at radius 2 is 1.69 bits per heavy atom. The fraction of sp³-hybridized carbons (Fsp3) is 0.769. The molecule has 1 N–H and O–H groups in total. The van der Waals surface area contributed by atoms with E-state index in [4.69, 9.17) is 9.47 Å². The zero-order valence-corrected chi connectivity index (χ0v) is 21.8. The first-order valence-corrected chi connectivity index (χ1v) is 13.7. The molecule has 1 aromatic carbocycles. The van der Waals surface area contributed by atoms with Gasteiger partial charge in [0.15, 0.2) is 0 Å². The van der Waals surface area contributed by atoms with Gasteiger partial charge >= 0.3 is 0 Å². The van der Waals surface area contributed by atoms with E-state index in [-0.39, 0.29) is 12.0 Å². The van der Waals surface area contributed by atoms with Crippen LogP contribution in [0.5, 0.6) is 11.5 Å². The number of aryl methyl sites for hydroxylation is 1. The van der Waals surface area contributed by atoms with Crippen LogP contribution in [0.15, 0.2) is 18.2 Å². The summed E-state index contributed by atoms with van der Waals surface area (Å²) in [6.45, 7) is 11.2. The molecule has 0 radical (unpaired) electrons. The van der Waals surface area contributed by atoms with Crippen molar-refractivity contribution in [1.29, 1.82) is 0 Å². The summed E-state index contributed by atoms with van der Waals surface area (Å²) in [6.07, 6.45) is 12.3. The molecule has 0 aliphatic carbocycles. The molecule has 0 saturated carbocycles. The van der Waals surface area contributed by atoms with E-state index in [1.165, 1.54) is 58.8 Å². The maximum Gasteiger partial charge on any atom is 0.270 e. The van der Waals surface area contributed by atoms with Gasteiger partial charge in [0.05, 0.1) is 4.75 Å². The summed E-state index contributed by atoms with van der Waals surface area (Å²) >= 11 is 0. The van der Waals surface area contributed by atoms with E-state index in [1.807, 2.05) is 32.0 Å². The molecule has 0 fully saturated rings. The van der Waals surface area contributed by atoms with E-state index in [2.05, 4.69) is 13.8 Å². The normalized spacial score (nSPS) is 19.3. The highest BCUT2D eigenvalue weighted by atomic mass is 32.2. The number of rotatable bonds is 13. The van der Waals surface area contributed by atoms with Crippen molar-refractivity contribution < 1.29 is 22.4 Å². The molecule has 1 aliphatic rings. The van der Waals surface area contributed by atoms with Gasteiger partial charge in [-0.05, 0) is 84.1 Å². The summed E-state index contributed by atoms with van der Waals surface area (Å²) in [6, 6.07) is 5.86. The van der Waals surface area contributed by atoms with Gasteiger partial charge in [-0.15, -0.1) is 0 Å². The van der Waals surface area contributed by atoms with Gasteiger partial charge in [0.1, 0.15) is 22.7 Å². The van der Waals surface area contributed by atoms with Gasteiger partial charge in [0.25, 0.3) is 10.1 Å². The van der Waals surface area contributed by atoms with Crippen molar-refractivity contribution >= 4 is 10.1 Å². The Bertz CT molecular complexity index is 844. The molecular weight excluding hydrogens is 424 g/mol. The summed E-state index contributed by atoms with van der Waals surface area (Å²) in [5, 5.41) is 0. The number of benzene rings is 1. The third-order valence-electron chi connectivity index (χ3n) is 6.56. The summed E-state index contributed by atoms with van der Waals surface area (Å²) < 4.78 is 44.1. The van der Waals surface area contributed by atoms with Crippen molar-refractivity contribution in [2.75, 3.05) is 0 Å². The second kappa shape index (κ2) is 10.8. The first-order chi connectivity index (χ1) is 14.8. The molecule has 1 aromatic rings. The largest absolute Gasteiger partial charge is 0.488 e. The molecule has 1 aliphatic heterocycles. The van der Waals surface area contributed by atoms with Crippen molar-refractivity contribution in [2.45, 2.75) is 128 Å². The zero-order valence-electron chi connectivity index (χ0n) is 21.0. The van der Waals surface area contributed by atoms with Crippen LogP contribution in [0, 0.1) is 0 Å². The average Bonchev–Trinajstić information content (AvgIpc) is 2.65. The summed E-state index contributed by atoms with van der Waals surface area (Å²) in [4.78, 5) is 0. The first kappa shape index (κ1) is 27.0. The Hall–Kier alpha value is -1.27. The number of fused-ring (bicyclic) bond motifs is 1. The van der Waals surface area contributed by atoms with Crippen molar-refractivity contribution in [1.82, 2.24) is 0 Å². The predicted octanol–water partition coefficient (Wildman–Crippen LogP) is 7.12. The Labute approximate surface area is 196 Å². The molecule has 1 heterocycles. The fourth-order valence-corrected chi connectivity index (χ4v) is 5.26. The maximum absolute atomic E-state index is 11.7. The van der Waals surface area contributed by atoms with Crippen LogP contribution in [0.25, 0.3) is 0 Å². The third kappa shape index (κ3) is 7.95. The van der Waals surface area contributed by atoms with E-state index in [1.54, 1.807) is 0 Å². The van der Waals surface area contributed by atoms with E-state index < -0.39 is 20.5 Å². The lowest BCUT2D eigenvalue weighted by Crippen LogP contribution is -2.42. The van der Waals surface area contributed by atoms with Crippen LogP contribution >= 0.6 is 0 Å². The lowest BCUT2D eigenvalue weighted by Gasteiger charge is -2.37. The Kier molecular flexibility index (Phi) is 9.08. The molecule has 0 bridgehead atoms. The molecule has 32 heavy (non-hydrogen) atoms. The second-order valence-electron chi connectivity index (χ2n) is 11.0. The van der Waals surface area contributed by atoms with Crippen LogP contribution in [0.3, 0.4) is 0 Å². The van der Waals surface area contributed by atoms with Crippen LogP contribution in [-0.2, 0) is 16.5 Å². The Morgan fingerprint density at radius 3 is 2.31 bits per heavy atom. The third-order valence-corrected chi connectivity index (χ3v) is 8.11. The zero-order chi connectivity index (χ0) is 24.0. The first-order valence-electron chi connectivity index (χ1n) is 12.2. The van der Waals surface area contributed by atoms with E-state index >= 15 is 0 Å². The monoisotopic (exact) mass is 468 g/mol. The molecule has 184 valence electrons. The minimum absolute atomic E-state index is 0.114. The molecule has 0 saturated heterocycles. The highest BCUT2D eigenvalue weighted by Gasteiger charge is 2.40. The molecule has 0 amide bonds. The van der Waals surface area contributed by atoms with Crippen molar-refractivity contribution in [2.24, 2.45) is 0 Å². The minimum atomic E-state index is -4.17. The van der Waals surface area contributed by atoms with Crippen molar-refractivity contribution in [3.63, 3.8) is 0 Å². The quantitative estimate of drug-likeness (QED) is 0.246. The standard InChI is InChI=1S/C26H44O5S/c1-7-8-9-10-11-12-13-17-26(6)18-16-21-19-22(14-15-23(21)31-26)30-24(2,3)20-25(4,5)32(27,28)29/h14-15,19H,7-13,16-18,20H2,1-6H3,(H,27,28,29). The molecular formula is C26H44O5S. The SMILES string of the molecule is CCCCCCCCCC1(C)CCc2cc(OC(C)(C)CC(C)(C)S(=O)(=O)O)ccc2O1. The van der Waals surface area contributed by atoms with Gasteiger partial charge in [0, 0.05) is 6.42 Å². The lowest BCUT2D eigenvalue weighted by molar-refractivity contribution is 0.0523. The highest BCUT2D eigenvalue weighted by molar-refractivity contribution is 7.87. The Morgan fingerprint density at radius 1 is 1.06 bits per heavy atom. The highest BCUT2D eigenvalue weighted by Crippen LogP contribution is 2.39. The van der Waals surface area contributed by atoms with Gasteiger partial charge in [-0.25, -0.2) is 0 Å². The number of ether oxygens (including phenoxy) is 2. The molecule has 2 rings (SSSR count). The predicted molar refractivity (Wildman–Crippen MR) is 131 cm³/mol. The van der Waals surface area contributed by atoms with Crippen LogP contribution in [0.4, 0.5) is 0 Å². The van der Waals surface area contributed by atoms with E-state index in [0.29, 0.717) is 5.75 Å². The Balaban J connectivity index is 1.92. The number of hydrogen-bond acceptors (Lipinski definition) is 4. The van der Waals surface area contributed by atoms with Gasteiger partial charge in [-0.2, -0.15) is 8.42 Å². The molecule has 1 unspecified atom stereocenters. The smallest absolute Gasteiger partial charge is 0.270 e.